The summed E-state index contributed by atoms with van der Waals surface area (Å²) in [5, 5.41) is 4.21. The molecule has 0 bridgehead atoms. The average Bonchev–Trinajstić information content (AvgIpc) is 2.30. The number of nitrogens with two attached hydrogens (primary N) is 1. The SMILES string of the molecule is Cc1nc([C@@H](N)C(C)C)nn1C. The smallest absolute Gasteiger partial charge is 0.167 e. The zero-order chi connectivity index (χ0) is 9.30. The molecule has 1 aromatic heterocycles. The average molecular weight is 168 g/mol. The molecule has 0 saturated heterocycles. The first-order valence-corrected chi connectivity index (χ1v) is 4.15. The van der Waals surface area contributed by atoms with E-state index in [2.05, 4.69) is 23.9 Å². The summed E-state index contributed by atoms with van der Waals surface area (Å²) in [5.74, 6) is 2.03. The zero-order valence-electron chi connectivity index (χ0n) is 8.07. The summed E-state index contributed by atoms with van der Waals surface area (Å²) in [7, 11) is 1.87. The molecule has 1 atom stereocenters. The van der Waals surface area contributed by atoms with Gasteiger partial charge >= 0.3 is 0 Å². The van der Waals surface area contributed by atoms with E-state index >= 15 is 0 Å². The van der Waals surface area contributed by atoms with Crippen molar-refractivity contribution in [2.24, 2.45) is 18.7 Å². The second kappa shape index (κ2) is 3.23. The van der Waals surface area contributed by atoms with Gasteiger partial charge in [0.15, 0.2) is 5.82 Å². The Balaban J connectivity index is 2.89. The lowest BCUT2D eigenvalue weighted by molar-refractivity contribution is 0.487. The molecule has 4 nitrogen and oxygen atoms in total. The standard InChI is InChI=1S/C8H16N4/c1-5(2)7(9)8-10-6(3)12(4)11-8/h5,7H,9H2,1-4H3/t7-/m0/s1. The molecule has 0 amide bonds. The maximum atomic E-state index is 5.88. The Morgan fingerprint density at radius 3 is 2.33 bits per heavy atom. The summed E-state index contributed by atoms with van der Waals surface area (Å²) in [6, 6.07) is -0.0510. The summed E-state index contributed by atoms with van der Waals surface area (Å²) in [6.45, 7) is 6.05. The minimum Gasteiger partial charge on any atom is -0.321 e. The van der Waals surface area contributed by atoms with Gasteiger partial charge in [-0.3, -0.25) is 4.68 Å². The normalized spacial score (nSPS) is 13.8. The molecule has 0 aliphatic rings. The predicted molar refractivity (Wildman–Crippen MR) is 47.5 cm³/mol. The Hall–Kier alpha value is -0.900. The monoisotopic (exact) mass is 168 g/mol. The van der Waals surface area contributed by atoms with Gasteiger partial charge in [0.2, 0.25) is 0 Å². The molecule has 1 aromatic rings. The van der Waals surface area contributed by atoms with Gasteiger partial charge in [-0.1, -0.05) is 13.8 Å². The Labute approximate surface area is 72.8 Å². The lowest BCUT2D eigenvalue weighted by Crippen LogP contribution is -2.18. The second-order valence-electron chi connectivity index (χ2n) is 3.41. The van der Waals surface area contributed by atoms with E-state index in [9.17, 15) is 0 Å². The molecule has 68 valence electrons. The van der Waals surface area contributed by atoms with E-state index in [0.29, 0.717) is 5.92 Å². The molecule has 0 aliphatic heterocycles. The summed E-state index contributed by atoms with van der Waals surface area (Å²) < 4.78 is 1.75. The van der Waals surface area contributed by atoms with Crippen LogP contribution in [0, 0.1) is 12.8 Å². The lowest BCUT2D eigenvalue weighted by Gasteiger charge is -2.10. The van der Waals surface area contributed by atoms with Gasteiger partial charge in [-0.05, 0) is 12.8 Å². The molecule has 0 spiro atoms. The van der Waals surface area contributed by atoms with E-state index in [4.69, 9.17) is 5.73 Å². The first kappa shape index (κ1) is 9.19. The van der Waals surface area contributed by atoms with Crippen molar-refractivity contribution >= 4 is 0 Å². The predicted octanol–water partition coefficient (Wildman–Crippen LogP) is 0.779. The Morgan fingerprint density at radius 1 is 1.42 bits per heavy atom. The van der Waals surface area contributed by atoms with Crippen LogP contribution in [0.4, 0.5) is 0 Å². The molecule has 0 aromatic carbocycles. The summed E-state index contributed by atoms with van der Waals surface area (Å²) in [4.78, 5) is 4.26. The molecule has 0 aliphatic carbocycles. The van der Waals surface area contributed by atoms with Crippen LogP contribution in [0.1, 0.15) is 31.5 Å². The summed E-state index contributed by atoms with van der Waals surface area (Å²) in [6.07, 6.45) is 0. The van der Waals surface area contributed by atoms with E-state index in [0.717, 1.165) is 11.6 Å². The van der Waals surface area contributed by atoms with Crippen molar-refractivity contribution in [2.45, 2.75) is 26.8 Å². The van der Waals surface area contributed by atoms with Crippen molar-refractivity contribution < 1.29 is 0 Å². The van der Waals surface area contributed by atoms with E-state index in [1.165, 1.54) is 0 Å². The highest BCUT2D eigenvalue weighted by Crippen LogP contribution is 2.14. The minimum absolute atomic E-state index is 0.0510. The highest BCUT2D eigenvalue weighted by molar-refractivity contribution is 4.96. The van der Waals surface area contributed by atoms with E-state index < -0.39 is 0 Å². The summed E-state index contributed by atoms with van der Waals surface area (Å²) >= 11 is 0. The van der Waals surface area contributed by atoms with Crippen LogP contribution in [0.5, 0.6) is 0 Å². The molecule has 4 heteroatoms. The Bertz CT molecular complexity index is 245. The van der Waals surface area contributed by atoms with Gasteiger partial charge in [0.1, 0.15) is 5.82 Å². The topological polar surface area (TPSA) is 56.7 Å². The van der Waals surface area contributed by atoms with Crippen LogP contribution in [-0.2, 0) is 7.05 Å². The van der Waals surface area contributed by atoms with Gasteiger partial charge in [-0.25, -0.2) is 4.98 Å². The van der Waals surface area contributed by atoms with Gasteiger partial charge in [0, 0.05) is 7.05 Å². The van der Waals surface area contributed by atoms with E-state index in [1.807, 2.05) is 14.0 Å². The van der Waals surface area contributed by atoms with Crippen LogP contribution in [0.2, 0.25) is 0 Å². The largest absolute Gasteiger partial charge is 0.321 e. The molecule has 2 N–H and O–H groups in total. The zero-order valence-corrected chi connectivity index (χ0v) is 8.07. The molecule has 1 heterocycles. The molecule has 0 unspecified atom stereocenters. The number of hydrogen-bond acceptors (Lipinski definition) is 3. The van der Waals surface area contributed by atoms with Crippen LogP contribution in [0.3, 0.4) is 0 Å². The molecule has 0 radical (unpaired) electrons. The third-order valence-corrected chi connectivity index (χ3v) is 2.01. The van der Waals surface area contributed by atoms with Crippen LogP contribution in [0.25, 0.3) is 0 Å². The van der Waals surface area contributed by atoms with Crippen LogP contribution >= 0.6 is 0 Å². The number of aryl methyl sites for hydroxylation is 2. The fraction of sp³-hybridized carbons (Fsp3) is 0.750. The number of aromatic nitrogens is 3. The van der Waals surface area contributed by atoms with Crippen molar-refractivity contribution in [2.75, 3.05) is 0 Å². The molecule has 0 fully saturated rings. The Morgan fingerprint density at radius 2 is 2.00 bits per heavy atom. The van der Waals surface area contributed by atoms with Gasteiger partial charge in [0.05, 0.1) is 6.04 Å². The van der Waals surface area contributed by atoms with Crippen molar-refractivity contribution in [3.63, 3.8) is 0 Å². The van der Waals surface area contributed by atoms with Crippen LogP contribution < -0.4 is 5.73 Å². The first-order chi connectivity index (χ1) is 5.52. The van der Waals surface area contributed by atoms with E-state index in [1.54, 1.807) is 4.68 Å². The molecule has 12 heavy (non-hydrogen) atoms. The third-order valence-electron chi connectivity index (χ3n) is 2.01. The highest BCUT2D eigenvalue weighted by atomic mass is 15.3. The van der Waals surface area contributed by atoms with E-state index in [-0.39, 0.29) is 6.04 Å². The molecular formula is C8H16N4. The van der Waals surface area contributed by atoms with Crippen molar-refractivity contribution in [1.82, 2.24) is 14.8 Å². The number of hydrogen-bond donors (Lipinski definition) is 1. The fourth-order valence-electron chi connectivity index (χ4n) is 0.926. The maximum absolute atomic E-state index is 5.88. The summed E-state index contributed by atoms with van der Waals surface area (Å²) in [5.41, 5.74) is 5.88. The van der Waals surface area contributed by atoms with Crippen LogP contribution in [0.15, 0.2) is 0 Å². The first-order valence-electron chi connectivity index (χ1n) is 4.15. The number of rotatable bonds is 2. The number of nitrogens with zero attached hydrogens (tertiary/aromatic N) is 3. The van der Waals surface area contributed by atoms with Gasteiger partial charge < -0.3 is 5.73 Å². The van der Waals surface area contributed by atoms with Gasteiger partial charge in [-0.15, -0.1) is 0 Å². The highest BCUT2D eigenvalue weighted by Gasteiger charge is 2.15. The van der Waals surface area contributed by atoms with Gasteiger partial charge in [-0.2, -0.15) is 5.10 Å². The third kappa shape index (κ3) is 1.64. The van der Waals surface area contributed by atoms with Gasteiger partial charge in [0.25, 0.3) is 0 Å². The molecule has 0 saturated carbocycles. The maximum Gasteiger partial charge on any atom is 0.167 e. The quantitative estimate of drug-likeness (QED) is 0.710. The van der Waals surface area contributed by atoms with Crippen molar-refractivity contribution in [1.29, 1.82) is 0 Å². The lowest BCUT2D eigenvalue weighted by atomic mass is 10.1. The van der Waals surface area contributed by atoms with Crippen molar-refractivity contribution in [3.8, 4) is 0 Å². The fourth-order valence-corrected chi connectivity index (χ4v) is 0.926. The van der Waals surface area contributed by atoms with Crippen LogP contribution in [-0.4, -0.2) is 14.8 Å². The second-order valence-corrected chi connectivity index (χ2v) is 3.41. The molecule has 1 rings (SSSR count). The molecular weight excluding hydrogens is 152 g/mol. The van der Waals surface area contributed by atoms with Crippen molar-refractivity contribution in [3.05, 3.63) is 11.6 Å². The minimum atomic E-state index is -0.0510. The Kier molecular flexibility index (Phi) is 2.47.